The van der Waals surface area contributed by atoms with E-state index in [2.05, 4.69) is 10.5 Å². The number of anilines is 1. The van der Waals surface area contributed by atoms with Gasteiger partial charge >= 0.3 is 0 Å². The summed E-state index contributed by atoms with van der Waals surface area (Å²) in [5, 5.41) is 14.5. The summed E-state index contributed by atoms with van der Waals surface area (Å²) >= 11 is 6.96. The van der Waals surface area contributed by atoms with E-state index < -0.39 is 0 Å². The lowest BCUT2D eigenvalue weighted by atomic mass is 10.1. The number of rotatable bonds is 4. The highest BCUT2D eigenvalue weighted by atomic mass is 35.5. The fraction of sp³-hybridized carbons (Fsp3) is 0.0769. The van der Waals surface area contributed by atoms with Crippen molar-refractivity contribution in [3.63, 3.8) is 0 Å². The van der Waals surface area contributed by atoms with Crippen LogP contribution in [0.15, 0.2) is 35.5 Å². The van der Waals surface area contributed by atoms with Crippen LogP contribution in [0.25, 0.3) is 0 Å². The van der Waals surface area contributed by atoms with E-state index in [-0.39, 0.29) is 11.7 Å². The molecule has 0 radical (unpaired) electrons. The second kappa shape index (κ2) is 6.47. The van der Waals surface area contributed by atoms with Gasteiger partial charge in [0.2, 0.25) is 0 Å². The third kappa shape index (κ3) is 3.26. The molecule has 0 bridgehead atoms. The van der Waals surface area contributed by atoms with Crippen molar-refractivity contribution in [1.29, 1.82) is 0 Å². The minimum Gasteiger partial charge on any atom is -0.495 e. The quantitative estimate of drug-likeness (QED) is 0.348. The molecular weight excluding hydrogens is 314 g/mol. The Morgan fingerprint density at radius 1 is 1.43 bits per heavy atom. The van der Waals surface area contributed by atoms with Crippen molar-refractivity contribution in [3.05, 3.63) is 45.1 Å². The number of carbonyl (C=O) groups is 1. The van der Waals surface area contributed by atoms with Crippen molar-refractivity contribution < 1.29 is 14.7 Å². The van der Waals surface area contributed by atoms with Crippen molar-refractivity contribution in [2.75, 3.05) is 12.4 Å². The first-order chi connectivity index (χ1) is 10.1. The molecule has 6 nitrogen and oxygen atoms in total. The predicted octanol–water partition coefficient (Wildman–Crippen LogP) is 2.76. The molecule has 0 unspecified atom stereocenters. The van der Waals surface area contributed by atoms with Crippen LogP contribution in [0.5, 0.6) is 5.75 Å². The summed E-state index contributed by atoms with van der Waals surface area (Å²) in [7, 11) is 1.46. The lowest BCUT2D eigenvalue weighted by molar-refractivity contribution is 0.103. The third-order valence-electron chi connectivity index (χ3n) is 2.67. The van der Waals surface area contributed by atoms with Crippen molar-refractivity contribution in [3.8, 4) is 5.75 Å². The minimum atomic E-state index is -0.358. The molecule has 0 aliphatic heterocycles. The van der Waals surface area contributed by atoms with Gasteiger partial charge in [0.25, 0.3) is 5.91 Å². The Hall–Kier alpha value is -2.25. The summed E-state index contributed by atoms with van der Waals surface area (Å²) in [6.45, 7) is 0. The van der Waals surface area contributed by atoms with E-state index in [4.69, 9.17) is 27.3 Å². The zero-order chi connectivity index (χ0) is 15.4. The van der Waals surface area contributed by atoms with Crippen LogP contribution < -0.4 is 15.8 Å². The number of oxime groups is 1. The Balaban J connectivity index is 2.40. The van der Waals surface area contributed by atoms with E-state index in [1.54, 1.807) is 30.3 Å². The van der Waals surface area contributed by atoms with Crippen LogP contribution in [0.1, 0.15) is 15.2 Å². The van der Waals surface area contributed by atoms with Crippen LogP contribution in [0.2, 0.25) is 4.34 Å². The highest BCUT2D eigenvalue weighted by molar-refractivity contribution is 7.18. The first kappa shape index (κ1) is 15.1. The van der Waals surface area contributed by atoms with Gasteiger partial charge in [0.05, 0.1) is 22.0 Å². The fourth-order valence-corrected chi connectivity index (χ4v) is 2.65. The molecule has 2 aromatic rings. The van der Waals surface area contributed by atoms with Crippen molar-refractivity contribution in [1.82, 2.24) is 0 Å². The first-order valence-corrected chi connectivity index (χ1v) is 6.98. The number of nitrogens with zero attached hydrogens (tertiary/aromatic N) is 1. The summed E-state index contributed by atoms with van der Waals surface area (Å²) in [6.07, 6.45) is 0. The molecule has 0 fully saturated rings. The van der Waals surface area contributed by atoms with Gasteiger partial charge in [-0.05, 0) is 24.3 Å². The van der Waals surface area contributed by atoms with Gasteiger partial charge in [-0.1, -0.05) is 22.8 Å². The maximum absolute atomic E-state index is 12.2. The second-order valence-electron chi connectivity index (χ2n) is 3.93. The molecular formula is C13H12ClN3O3S. The Morgan fingerprint density at radius 2 is 2.19 bits per heavy atom. The highest BCUT2D eigenvalue weighted by Gasteiger charge is 2.17. The molecule has 0 saturated heterocycles. The molecule has 2 rings (SSSR count). The average Bonchev–Trinajstić information content (AvgIpc) is 2.93. The van der Waals surface area contributed by atoms with Gasteiger partial charge in [-0.15, -0.1) is 11.3 Å². The molecule has 0 atom stereocenters. The zero-order valence-corrected chi connectivity index (χ0v) is 12.5. The summed E-state index contributed by atoms with van der Waals surface area (Å²) in [5.74, 6) is -0.0908. The van der Waals surface area contributed by atoms with Gasteiger partial charge < -0.3 is 21.0 Å². The number of methoxy groups -OCH3 is 1. The number of hydrogen-bond acceptors (Lipinski definition) is 5. The Morgan fingerprint density at radius 3 is 2.76 bits per heavy atom. The number of amides is 1. The predicted molar refractivity (Wildman–Crippen MR) is 82.8 cm³/mol. The lowest BCUT2D eigenvalue weighted by Gasteiger charge is -2.13. The normalized spacial score (nSPS) is 11.2. The maximum atomic E-state index is 12.2. The molecule has 0 aliphatic carbocycles. The van der Waals surface area contributed by atoms with Crippen molar-refractivity contribution in [2.24, 2.45) is 10.9 Å². The second-order valence-corrected chi connectivity index (χ2v) is 5.64. The molecule has 21 heavy (non-hydrogen) atoms. The van der Waals surface area contributed by atoms with Crippen LogP contribution in [-0.4, -0.2) is 24.1 Å². The number of halogens is 1. The molecule has 110 valence electrons. The smallest absolute Gasteiger partial charge is 0.265 e. The van der Waals surface area contributed by atoms with Gasteiger partial charge in [0, 0.05) is 5.56 Å². The molecule has 1 aromatic carbocycles. The standard InChI is InChI=1S/C13H12ClN3O3S/c1-20-8-4-2-3-7(12(15)17-19)11(8)16-13(18)9-5-6-10(14)21-9/h2-6,19H,1H3,(H2,15,17)(H,16,18). The Labute approximate surface area is 129 Å². The summed E-state index contributed by atoms with van der Waals surface area (Å²) in [5.41, 5.74) is 6.29. The number of hydrogen-bond donors (Lipinski definition) is 3. The van der Waals surface area contributed by atoms with E-state index in [9.17, 15) is 4.79 Å². The average molecular weight is 326 g/mol. The number of carbonyl (C=O) groups excluding carboxylic acids is 1. The Bertz CT molecular complexity index is 700. The van der Waals surface area contributed by atoms with Gasteiger partial charge in [-0.2, -0.15) is 0 Å². The van der Waals surface area contributed by atoms with E-state index in [1.807, 2.05) is 0 Å². The molecule has 0 saturated carbocycles. The number of benzene rings is 1. The molecule has 0 spiro atoms. The van der Waals surface area contributed by atoms with Gasteiger partial charge in [0.1, 0.15) is 5.75 Å². The minimum absolute atomic E-state index is 0.131. The van der Waals surface area contributed by atoms with Crippen LogP contribution >= 0.6 is 22.9 Å². The van der Waals surface area contributed by atoms with Gasteiger partial charge in [0.15, 0.2) is 5.84 Å². The number of amidine groups is 1. The van der Waals surface area contributed by atoms with Gasteiger partial charge in [-0.25, -0.2) is 0 Å². The first-order valence-electron chi connectivity index (χ1n) is 5.78. The van der Waals surface area contributed by atoms with E-state index in [0.717, 1.165) is 11.3 Å². The summed E-state index contributed by atoms with van der Waals surface area (Å²) in [6, 6.07) is 8.18. The molecule has 0 aliphatic rings. The maximum Gasteiger partial charge on any atom is 0.265 e. The lowest BCUT2D eigenvalue weighted by Crippen LogP contribution is -2.19. The molecule has 8 heteroatoms. The SMILES string of the molecule is COc1cccc(/C(N)=N/O)c1NC(=O)c1ccc(Cl)s1. The van der Waals surface area contributed by atoms with Crippen molar-refractivity contribution >= 4 is 40.4 Å². The Kier molecular flexibility index (Phi) is 4.66. The largest absolute Gasteiger partial charge is 0.495 e. The summed E-state index contributed by atoms with van der Waals surface area (Å²) < 4.78 is 5.70. The molecule has 1 heterocycles. The molecule has 4 N–H and O–H groups in total. The third-order valence-corrected chi connectivity index (χ3v) is 3.90. The van der Waals surface area contributed by atoms with Crippen molar-refractivity contribution in [2.45, 2.75) is 0 Å². The zero-order valence-electron chi connectivity index (χ0n) is 11.0. The molecule has 1 aromatic heterocycles. The van der Waals surface area contributed by atoms with E-state index in [1.165, 1.54) is 7.11 Å². The number of nitrogens with two attached hydrogens (primary N) is 1. The fourth-order valence-electron chi connectivity index (χ4n) is 1.71. The van der Waals surface area contributed by atoms with Gasteiger partial charge in [-0.3, -0.25) is 4.79 Å². The monoisotopic (exact) mass is 325 g/mol. The highest BCUT2D eigenvalue weighted by Crippen LogP contribution is 2.30. The van der Waals surface area contributed by atoms with Crippen LogP contribution in [0.3, 0.4) is 0 Å². The van der Waals surface area contributed by atoms with Crippen LogP contribution in [0.4, 0.5) is 5.69 Å². The topological polar surface area (TPSA) is 96.9 Å². The number of thiophene rings is 1. The van der Waals surface area contributed by atoms with Crippen LogP contribution in [0, 0.1) is 0 Å². The van der Waals surface area contributed by atoms with E-state index >= 15 is 0 Å². The number of para-hydroxylation sites is 1. The summed E-state index contributed by atoms with van der Waals surface area (Å²) in [4.78, 5) is 12.6. The number of nitrogens with one attached hydrogen (secondary N) is 1. The van der Waals surface area contributed by atoms with E-state index in [0.29, 0.717) is 26.2 Å². The molecule has 1 amide bonds. The van der Waals surface area contributed by atoms with Crippen LogP contribution in [-0.2, 0) is 0 Å². The number of ether oxygens (including phenoxy) is 1.